The van der Waals surface area contributed by atoms with Crippen LogP contribution in [0, 0.1) is 0 Å². The van der Waals surface area contributed by atoms with E-state index in [1.54, 1.807) is 6.92 Å². The zero-order valence-electron chi connectivity index (χ0n) is 12.6. The zero-order valence-corrected chi connectivity index (χ0v) is 12.6. The second-order valence-corrected chi connectivity index (χ2v) is 5.97. The average Bonchev–Trinajstić information content (AvgIpc) is 2.82. The first-order chi connectivity index (χ1) is 9.48. The van der Waals surface area contributed by atoms with Crippen LogP contribution in [0.3, 0.4) is 0 Å². The number of fused-ring (bicyclic) bond motifs is 1. The van der Waals surface area contributed by atoms with Crippen LogP contribution in [0.1, 0.15) is 57.5 Å². The van der Waals surface area contributed by atoms with Crippen LogP contribution in [-0.2, 0) is 17.6 Å². The van der Waals surface area contributed by atoms with Gasteiger partial charge in [-0.15, -0.1) is 0 Å². The molecule has 2 atom stereocenters. The fourth-order valence-electron chi connectivity index (χ4n) is 3.19. The number of aryl methyl sites for hydroxylation is 1. The Balaban J connectivity index is 2.17. The van der Waals surface area contributed by atoms with E-state index >= 15 is 0 Å². The maximum absolute atomic E-state index is 11.5. The number of carboxylic acids is 1. The van der Waals surface area contributed by atoms with E-state index in [1.165, 1.54) is 24.2 Å². The fourth-order valence-corrected chi connectivity index (χ4v) is 3.19. The molecule has 0 aromatic carbocycles. The molecule has 0 bridgehead atoms. The minimum absolute atomic E-state index is 0.129. The van der Waals surface area contributed by atoms with Crippen molar-refractivity contribution in [2.24, 2.45) is 0 Å². The van der Waals surface area contributed by atoms with E-state index in [0.29, 0.717) is 13.0 Å². The van der Waals surface area contributed by atoms with Crippen molar-refractivity contribution in [2.45, 2.75) is 64.5 Å². The van der Waals surface area contributed by atoms with Crippen LogP contribution >= 0.6 is 0 Å². The smallest absolute Gasteiger partial charge is 0.323 e. The highest BCUT2D eigenvalue weighted by Gasteiger charge is 2.34. The maximum Gasteiger partial charge on any atom is 0.323 e. The minimum Gasteiger partial charge on any atom is -0.480 e. The van der Waals surface area contributed by atoms with E-state index in [1.807, 2.05) is 13.3 Å². The summed E-state index contributed by atoms with van der Waals surface area (Å²) in [5.41, 5.74) is 1.61. The van der Waals surface area contributed by atoms with Gasteiger partial charge in [0, 0.05) is 11.7 Å². The molecule has 0 saturated heterocycles. The second kappa shape index (κ2) is 5.95. The van der Waals surface area contributed by atoms with E-state index < -0.39 is 11.5 Å². The van der Waals surface area contributed by atoms with Crippen molar-refractivity contribution in [1.82, 2.24) is 14.9 Å². The van der Waals surface area contributed by atoms with Crippen LogP contribution in [0.4, 0.5) is 0 Å². The van der Waals surface area contributed by atoms with Gasteiger partial charge in [0.2, 0.25) is 0 Å². The number of hydrogen-bond acceptors (Lipinski definition) is 3. The molecule has 0 spiro atoms. The largest absolute Gasteiger partial charge is 0.480 e. The highest BCUT2D eigenvalue weighted by molar-refractivity contribution is 5.78. The molecule has 0 aliphatic heterocycles. The maximum atomic E-state index is 11.5. The Kier molecular flexibility index (Phi) is 4.48. The van der Waals surface area contributed by atoms with Crippen LogP contribution in [0.25, 0.3) is 0 Å². The van der Waals surface area contributed by atoms with Crippen molar-refractivity contribution in [3.8, 4) is 0 Å². The molecule has 1 aliphatic carbocycles. The highest BCUT2D eigenvalue weighted by Crippen LogP contribution is 2.27. The fraction of sp³-hybridized carbons (Fsp3) is 0.733. The lowest BCUT2D eigenvalue weighted by Gasteiger charge is -2.30. The normalized spacial score (nSPS) is 19.1. The van der Waals surface area contributed by atoms with Crippen molar-refractivity contribution in [2.75, 3.05) is 6.54 Å². The lowest BCUT2D eigenvalue weighted by molar-refractivity contribution is -0.144. The van der Waals surface area contributed by atoms with Gasteiger partial charge in [-0.05, 0) is 52.5 Å². The van der Waals surface area contributed by atoms with Crippen LogP contribution in [0.15, 0.2) is 6.33 Å². The van der Waals surface area contributed by atoms with Crippen molar-refractivity contribution in [3.63, 3.8) is 0 Å². The van der Waals surface area contributed by atoms with Gasteiger partial charge in [0.05, 0.1) is 12.0 Å². The second-order valence-electron chi connectivity index (χ2n) is 5.97. The van der Waals surface area contributed by atoms with E-state index in [4.69, 9.17) is 0 Å². The molecule has 0 radical (unpaired) electrons. The number of nitrogens with zero attached hydrogens (tertiary/aromatic N) is 2. The van der Waals surface area contributed by atoms with Crippen LogP contribution in [0.2, 0.25) is 0 Å². The number of carboxylic acid groups (broad SMARTS) is 1. The number of rotatable bonds is 6. The number of imidazole rings is 1. The molecule has 112 valence electrons. The Morgan fingerprint density at radius 3 is 2.90 bits per heavy atom. The first kappa shape index (κ1) is 15.0. The van der Waals surface area contributed by atoms with E-state index in [9.17, 15) is 9.90 Å². The first-order valence-electron chi connectivity index (χ1n) is 7.51. The summed E-state index contributed by atoms with van der Waals surface area (Å²) < 4.78 is 2.17. The molecule has 0 amide bonds. The van der Waals surface area contributed by atoms with Crippen molar-refractivity contribution < 1.29 is 9.90 Å². The van der Waals surface area contributed by atoms with Crippen LogP contribution < -0.4 is 5.32 Å². The Hall–Kier alpha value is -1.36. The molecule has 2 N–H and O–H groups in total. The Morgan fingerprint density at radius 2 is 2.25 bits per heavy atom. The molecule has 0 saturated carbocycles. The third kappa shape index (κ3) is 2.87. The number of likely N-dealkylation sites (N-methyl/N-ethyl adjacent to an activating group) is 1. The van der Waals surface area contributed by atoms with E-state index in [2.05, 4.69) is 21.8 Å². The van der Waals surface area contributed by atoms with Crippen molar-refractivity contribution >= 4 is 5.97 Å². The summed E-state index contributed by atoms with van der Waals surface area (Å²) in [6, 6.07) is 0.129. The van der Waals surface area contributed by atoms with Gasteiger partial charge >= 0.3 is 5.97 Å². The number of hydrogen-bond donors (Lipinski definition) is 2. The summed E-state index contributed by atoms with van der Waals surface area (Å²) in [4.78, 5) is 16.0. The molecule has 1 aromatic rings. The number of aromatic nitrogens is 2. The third-order valence-corrected chi connectivity index (χ3v) is 4.28. The van der Waals surface area contributed by atoms with Gasteiger partial charge in [-0.2, -0.15) is 0 Å². The Bertz CT molecular complexity index is 483. The number of aliphatic carboxylic acids is 1. The summed E-state index contributed by atoms with van der Waals surface area (Å²) in [6.07, 6.45) is 6.97. The number of carbonyl (C=O) groups is 1. The molecule has 20 heavy (non-hydrogen) atoms. The molecule has 1 aromatic heterocycles. The molecule has 2 rings (SSSR count). The van der Waals surface area contributed by atoms with Gasteiger partial charge in [-0.1, -0.05) is 6.92 Å². The zero-order chi connectivity index (χ0) is 14.8. The lowest BCUT2D eigenvalue weighted by Crippen LogP contribution is -2.50. The van der Waals surface area contributed by atoms with Gasteiger partial charge in [0.25, 0.3) is 0 Å². The molecular weight excluding hydrogens is 254 g/mol. The quantitative estimate of drug-likeness (QED) is 0.837. The lowest BCUT2D eigenvalue weighted by atomic mass is 9.92. The van der Waals surface area contributed by atoms with E-state index in [0.717, 1.165) is 12.8 Å². The summed E-state index contributed by atoms with van der Waals surface area (Å²) >= 11 is 0. The summed E-state index contributed by atoms with van der Waals surface area (Å²) in [6.45, 7) is 6.43. The van der Waals surface area contributed by atoms with Gasteiger partial charge in [-0.25, -0.2) is 4.98 Å². The highest BCUT2D eigenvalue weighted by atomic mass is 16.4. The molecule has 5 nitrogen and oxygen atoms in total. The Labute approximate surface area is 120 Å². The average molecular weight is 279 g/mol. The minimum atomic E-state index is -0.889. The summed E-state index contributed by atoms with van der Waals surface area (Å²) in [5.74, 6) is -0.791. The standard InChI is InChI=1S/C15H25N3O2/c1-4-17-15(3,14(19)20)9-11(2)18-10-16-12-7-5-6-8-13(12)18/h10-11,17H,4-9H2,1-3H3,(H,19,20). The predicted octanol–water partition coefficient (Wildman–Crippen LogP) is 2.17. The SMILES string of the molecule is CCNC(C)(CC(C)n1cnc2c1CCCC2)C(=O)O. The summed E-state index contributed by atoms with van der Waals surface area (Å²) in [7, 11) is 0. The molecule has 1 aliphatic rings. The third-order valence-electron chi connectivity index (χ3n) is 4.28. The van der Waals surface area contributed by atoms with Gasteiger partial charge in [-0.3, -0.25) is 4.79 Å². The molecule has 1 heterocycles. The Morgan fingerprint density at radius 1 is 1.55 bits per heavy atom. The monoisotopic (exact) mass is 279 g/mol. The van der Waals surface area contributed by atoms with Crippen LogP contribution in [-0.4, -0.2) is 32.7 Å². The molecule has 5 heteroatoms. The predicted molar refractivity (Wildman–Crippen MR) is 77.9 cm³/mol. The molecular formula is C15H25N3O2. The molecule has 0 fully saturated rings. The van der Waals surface area contributed by atoms with Crippen LogP contribution in [0.5, 0.6) is 0 Å². The summed E-state index contributed by atoms with van der Waals surface area (Å²) in [5, 5.41) is 12.6. The van der Waals surface area contributed by atoms with Gasteiger partial charge < -0.3 is 15.0 Å². The van der Waals surface area contributed by atoms with Gasteiger partial charge in [0.1, 0.15) is 5.54 Å². The number of nitrogens with one attached hydrogen (secondary N) is 1. The van der Waals surface area contributed by atoms with Crippen molar-refractivity contribution in [3.05, 3.63) is 17.7 Å². The first-order valence-corrected chi connectivity index (χ1v) is 7.51. The van der Waals surface area contributed by atoms with Gasteiger partial charge in [0.15, 0.2) is 0 Å². The van der Waals surface area contributed by atoms with E-state index in [-0.39, 0.29) is 6.04 Å². The van der Waals surface area contributed by atoms with Crippen molar-refractivity contribution in [1.29, 1.82) is 0 Å². The molecule has 2 unspecified atom stereocenters. The topological polar surface area (TPSA) is 67.2 Å².